The largest absolute Gasteiger partial charge is 0.411 e. The van der Waals surface area contributed by atoms with Gasteiger partial charge in [0, 0.05) is 11.1 Å². The van der Waals surface area contributed by atoms with Gasteiger partial charge in [-0.1, -0.05) is 40.0 Å². The quantitative estimate of drug-likeness (QED) is 0.218. The van der Waals surface area contributed by atoms with Crippen LogP contribution in [0.2, 0.25) is 15.1 Å². The monoisotopic (exact) mass is 440 g/mol. The Labute approximate surface area is 172 Å². The number of halogens is 3. The first-order valence-electron chi connectivity index (χ1n) is 7.68. The minimum Gasteiger partial charge on any atom is -0.411 e. The molecule has 0 spiro atoms. The number of oxime groups is 1. The van der Waals surface area contributed by atoms with E-state index in [1.54, 1.807) is 12.1 Å². The van der Waals surface area contributed by atoms with Gasteiger partial charge in [-0.05, 0) is 31.2 Å². The lowest BCUT2D eigenvalue weighted by atomic mass is 10.1. The molecule has 0 fully saturated rings. The molecule has 0 atom stereocenters. The number of rotatable bonds is 4. The number of nitro benzene ring substituents is 1. The molecule has 3 rings (SSSR count). The van der Waals surface area contributed by atoms with Crippen molar-refractivity contribution in [1.82, 2.24) is 4.98 Å². The van der Waals surface area contributed by atoms with Crippen LogP contribution in [0.25, 0.3) is 10.9 Å². The minimum atomic E-state index is -0.731. The Balaban J connectivity index is 2.37. The number of fused-ring (bicyclic) bond motifs is 1. The number of hydrogen-bond donors (Lipinski definition) is 3. The van der Waals surface area contributed by atoms with E-state index < -0.39 is 16.0 Å². The molecule has 1 aromatic heterocycles. The lowest BCUT2D eigenvalue weighted by molar-refractivity contribution is -0.383. The van der Waals surface area contributed by atoms with Crippen LogP contribution < -0.4 is 10.7 Å². The van der Waals surface area contributed by atoms with Gasteiger partial charge in [0.25, 0.3) is 5.69 Å². The van der Waals surface area contributed by atoms with Gasteiger partial charge >= 0.3 is 0 Å². The maximum atomic E-state index is 13.1. The Bertz CT molecular complexity index is 1210. The van der Waals surface area contributed by atoms with Gasteiger partial charge < -0.3 is 15.5 Å². The van der Waals surface area contributed by atoms with Crippen molar-refractivity contribution >= 4 is 68.6 Å². The predicted molar refractivity (Wildman–Crippen MR) is 110 cm³/mol. The first kappa shape index (κ1) is 19.9. The van der Waals surface area contributed by atoms with Gasteiger partial charge in [0.15, 0.2) is 0 Å². The summed E-state index contributed by atoms with van der Waals surface area (Å²) in [7, 11) is 0. The number of nitrogens with one attached hydrogen (secondary N) is 2. The van der Waals surface area contributed by atoms with Gasteiger partial charge in [0.05, 0.1) is 37.4 Å². The molecule has 0 bridgehead atoms. The molecule has 2 aromatic carbocycles. The minimum absolute atomic E-state index is 0.0583. The highest BCUT2D eigenvalue weighted by atomic mass is 35.5. The Kier molecular flexibility index (Phi) is 5.46. The molecule has 0 unspecified atom stereocenters. The second-order valence-corrected chi connectivity index (χ2v) is 6.96. The van der Waals surface area contributed by atoms with E-state index in [4.69, 9.17) is 34.8 Å². The van der Waals surface area contributed by atoms with E-state index in [0.29, 0.717) is 10.7 Å². The molecule has 0 saturated carbocycles. The second-order valence-electron chi connectivity index (χ2n) is 5.71. The van der Waals surface area contributed by atoms with E-state index in [1.165, 1.54) is 19.1 Å². The number of aromatic nitrogens is 1. The average molecular weight is 442 g/mol. The topological polar surface area (TPSA) is 121 Å². The summed E-state index contributed by atoms with van der Waals surface area (Å²) in [5.41, 5.74) is -0.872. The van der Waals surface area contributed by atoms with Crippen LogP contribution in [-0.2, 0) is 0 Å². The van der Waals surface area contributed by atoms with Gasteiger partial charge in [0.1, 0.15) is 11.2 Å². The number of nitro groups is 1. The van der Waals surface area contributed by atoms with E-state index in [0.717, 1.165) is 6.07 Å². The molecule has 8 nitrogen and oxygen atoms in total. The molecule has 0 radical (unpaired) electrons. The van der Waals surface area contributed by atoms with E-state index >= 15 is 0 Å². The summed E-state index contributed by atoms with van der Waals surface area (Å²) >= 11 is 18.2. The van der Waals surface area contributed by atoms with Crippen molar-refractivity contribution in [2.24, 2.45) is 5.16 Å². The van der Waals surface area contributed by atoms with Gasteiger partial charge in [-0.25, -0.2) is 0 Å². The zero-order valence-electron chi connectivity index (χ0n) is 14.1. The van der Waals surface area contributed by atoms with Gasteiger partial charge in [0.2, 0.25) is 5.43 Å². The average Bonchev–Trinajstić information content (AvgIpc) is 2.64. The first-order valence-corrected chi connectivity index (χ1v) is 8.82. The third-order valence-corrected chi connectivity index (χ3v) is 4.85. The number of hydrogen-bond acceptors (Lipinski definition) is 6. The molecule has 3 aromatic rings. The molecule has 11 heteroatoms. The summed E-state index contributed by atoms with van der Waals surface area (Å²) in [4.78, 5) is 26.6. The van der Waals surface area contributed by atoms with Crippen molar-refractivity contribution in [2.75, 3.05) is 5.32 Å². The zero-order chi connectivity index (χ0) is 20.6. The molecular formula is C17H11Cl3N4O4. The van der Waals surface area contributed by atoms with Crippen molar-refractivity contribution in [2.45, 2.75) is 6.92 Å². The lowest BCUT2D eigenvalue weighted by Gasteiger charge is -2.14. The third kappa shape index (κ3) is 3.49. The molecule has 0 aliphatic rings. The van der Waals surface area contributed by atoms with Crippen molar-refractivity contribution in [1.29, 1.82) is 0 Å². The number of benzene rings is 2. The van der Waals surface area contributed by atoms with Crippen LogP contribution in [0, 0.1) is 10.1 Å². The van der Waals surface area contributed by atoms with E-state index in [9.17, 15) is 20.1 Å². The number of nitrogens with zero attached hydrogens (tertiary/aromatic N) is 2. The van der Waals surface area contributed by atoms with Crippen molar-refractivity contribution in [3.63, 3.8) is 0 Å². The van der Waals surface area contributed by atoms with Crippen molar-refractivity contribution < 1.29 is 10.1 Å². The number of aromatic amines is 1. The van der Waals surface area contributed by atoms with Crippen LogP contribution in [0.15, 0.2) is 40.3 Å². The fraction of sp³-hybridized carbons (Fsp3) is 0.0588. The molecule has 1 heterocycles. The predicted octanol–water partition coefficient (Wildman–Crippen LogP) is 5.34. The zero-order valence-corrected chi connectivity index (χ0v) is 16.4. The van der Waals surface area contributed by atoms with Gasteiger partial charge in [-0.2, -0.15) is 0 Å². The van der Waals surface area contributed by atoms with Crippen LogP contribution in [0.4, 0.5) is 17.2 Å². The summed E-state index contributed by atoms with van der Waals surface area (Å²) in [6.45, 7) is 1.38. The lowest BCUT2D eigenvalue weighted by Crippen LogP contribution is -2.19. The molecule has 0 aliphatic carbocycles. The van der Waals surface area contributed by atoms with Crippen LogP contribution >= 0.6 is 34.8 Å². The Hall–Kier alpha value is -2.81. The third-order valence-electron chi connectivity index (χ3n) is 3.99. The smallest absolute Gasteiger partial charge is 0.282 e. The van der Waals surface area contributed by atoms with Crippen LogP contribution in [-0.4, -0.2) is 20.8 Å². The van der Waals surface area contributed by atoms with Crippen LogP contribution in [0.1, 0.15) is 12.5 Å². The van der Waals surface area contributed by atoms with Crippen LogP contribution in [0.3, 0.4) is 0 Å². The molecular weight excluding hydrogens is 431 g/mol. The summed E-state index contributed by atoms with van der Waals surface area (Å²) in [6, 6.07) is 7.11. The highest BCUT2D eigenvalue weighted by Crippen LogP contribution is 2.33. The number of anilines is 2. The summed E-state index contributed by atoms with van der Waals surface area (Å²) in [5, 5.41) is 27.1. The number of non-ortho nitro benzene ring substituents is 1. The number of H-pyrrole nitrogens is 1. The maximum Gasteiger partial charge on any atom is 0.282 e. The van der Waals surface area contributed by atoms with E-state index in [2.05, 4.69) is 15.5 Å². The summed E-state index contributed by atoms with van der Waals surface area (Å²) < 4.78 is 0. The highest BCUT2D eigenvalue weighted by molar-refractivity contribution is 6.37. The highest BCUT2D eigenvalue weighted by Gasteiger charge is 2.24. The SMILES string of the molecule is C/C(=N\O)c1c(Nc2ccc(Cl)cc2Cl)[nH]c2c(Cl)ccc([N+](=O)[O-])c2c1=O. The number of pyridine rings is 1. The Morgan fingerprint density at radius 2 is 1.93 bits per heavy atom. The molecule has 0 aliphatic heterocycles. The maximum absolute atomic E-state index is 13.1. The summed E-state index contributed by atoms with van der Waals surface area (Å²) in [6.07, 6.45) is 0. The normalized spacial score (nSPS) is 11.6. The first-order chi connectivity index (χ1) is 13.2. The fourth-order valence-electron chi connectivity index (χ4n) is 2.71. The van der Waals surface area contributed by atoms with Crippen LogP contribution in [0.5, 0.6) is 0 Å². The Morgan fingerprint density at radius 1 is 1.21 bits per heavy atom. The fourth-order valence-corrected chi connectivity index (χ4v) is 3.37. The van der Waals surface area contributed by atoms with Gasteiger partial charge in [-0.3, -0.25) is 14.9 Å². The Morgan fingerprint density at radius 3 is 2.54 bits per heavy atom. The molecule has 144 valence electrons. The second kappa shape index (κ2) is 7.67. The van der Waals surface area contributed by atoms with Crippen molar-refractivity contribution in [3.05, 3.63) is 71.3 Å². The molecule has 28 heavy (non-hydrogen) atoms. The molecule has 0 saturated heterocycles. The standard InChI is InChI=1S/C17H11Cl3N4O4/c1-7(23-26)13-16(25)14-12(24(27)28)5-3-9(19)15(14)22-17(13)21-11-4-2-8(18)6-10(11)20/h2-6,26H,1H3,(H2,21,22,25)/b23-7+. The van der Waals surface area contributed by atoms with Gasteiger partial charge in [-0.15, -0.1) is 0 Å². The summed E-state index contributed by atoms with van der Waals surface area (Å²) in [5.74, 6) is 0.0967. The van der Waals surface area contributed by atoms with E-state index in [-0.39, 0.29) is 38.0 Å². The van der Waals surface area contributed by atoms with Crippen molar-refractivity contribution in [3.8, 4) is 0 Å². The van der Waals surface area contributed by atoms with E-state index in [1.807, 2.05) is 0 Å². The molecule has 3 N–H and O–H groups in total. The molecule has 0 amide bonds.